The first kappa shape index (κ1) is 16.4. The monoisotopic (exact) mass is 301 g/mol. The molecule has 0 aliphatic rings. The Kier molecular flexibility index (Phi) is 5.44. The highest BCUT2D eigenvalue weighted by atomic mass is 16.5. The molecule has 0 atom stereocenters. The number of ether oxygens (including phenoxy) is 1. The van der Waals surface area contributed by atoms with Crippen molar-refractivity contribution in [2.45, 2.75) is 27.2 Å². The van der Waals surface area contributed by atoms with E-state index in [0.29, 0.717) is 18.3 Å². The predicted octanol–water partition coefficient (Wildman–Crippen LogP) is 2.96. The maximum Gasteiger partial charge on any atom is 0.254 e. The normalized spacial score (nSPS) is 11.1. The lowest BCUT2D eigenvalue weighted by atomic mass is 10.1. The fraction of sp³-hybridized carbons (Fsp3) is 0.471. The maximum absolute atomic E-state index is 12.4. The van der Waals surface area contributed by atoms with Crippen LogP contribution < -0.4 is 4.90 Å². The van der Waals surface area contributed by atoms with Gasteiger partial charge in [0.2, 0.25) is 0 Å². The molecule has 5 heteroatoms. The number of aryl methyl sites for hydroxylation is 1. The minimum Gasteiger partial charge on any atom is -0.375 e. The van der Waals surface area contributed by atoms with Gasteiger partial charge in [-0.05, 0) is 19.3 Å². The summed E-state index contributed by atoms with van der Waals surface area (Å²) >= 11 is 0. The molecule has 2 rings (SSSR count). The number of rotatable bonds is 6. The topological polar surface area (TPSA) is 55.3 Å². The van der Waals surface area contributed by atoms with Gasteiger partial charge in [0.15, 0.2) is 5.82 Å². The molecule has 0 aliphatic carbocycles. The van der Waals surface area contributed by atoms with Gasteiger partial charge in [0.25, 0.3) is 5.91 Å². The van der Waals surface area contributed by atoms with E-state index >= 15 is 0 Å². The van der Waals surface area contributed by atoms with Gasteiger partial charge in [-0.1, -0.05) is 38.1 Å². The lowest BCUT2D eigenvalue weighted by molar-refractivity contribution is -0.122. The summed E-state index contributed by atoms with van der Waals surface area (Å²) in [6.45, 7) is 6.86. The van der Waals surface area contributed by atoms with Crippen molar-refractivity contribution in [3.05, 3.63) is 30.0 Å². The molecule has 0 bridgehead atoms. The Hall–Kier alpha value is -2.01. The molecule has 5 nitrogen and oxygen atoms in total. The smallest absolute Gasteiger partial charge is 0.254 e. The summed E-state index contributed by atoms with van der Waals surface area (Å²) < 4.78 is 5.01. The van der Waals surface area contributed by atoms with Gasteiger partial charge in [-0.25, -0.2) is 0 Å². The average molecular weight is 301 g/mol. The van der Waals surface area contributed by atoms with E-state index in [1.165, 1.54) is 7.11 Å². The molecule has 0 unspecified atom stereocenters. The molecular weight excluding hydrogens is 278 g/mol. The molecule has 1 aromatic carbocycles. The van der Waals surface area contributed by atoms with Gasteiger partial charge in [0, 0.05) is 24.4 Å². The first-order valence-corrected chi connectivity index (χ1v) is 7.56. The van der Waals surface area contributed by atoms with E-state index in [1.807, 2.05) is 31.2 Å². The minimum absolute atomic E-state index is 0.0436. The molecule has 0 N–H and O–H groups in total. The molecule has 0 fully saturated rings. The molecular formula is C17H23N3O2. The summed E-state index contributed by atoms with van der Waals surface area (Å²) in [6, 6.07) is 7.91. The maximum atomic E-state index is 12.4. The van der Waals surface area contributed by atoms with Crippen LogP contribution in [0.5, 0.6) is 0 Å². The highest BCUT2D eigenvalue weighted by Crippen LogP contribution is 2.26. The largest absolute Gasteiger partial charge is 0.375 e. The number of hydrogen-bond acceptors (Lipinski definition) is 4. The molecule has 0 saturated heterocycles. The number of benzene rings is 1. The van der Waals surface area contributed by atoms with Gasteiger partial charge >= 0.3 is 0 Å². The highest BCUT2D eigenvalue weighted by molar-refractivity contribution is 6.02. The summed E-state index contributed by atoms with van der Waals surface area (Å²) in [4.78, 5) is 14.1. The molecule has 2 aromatic rings. The number of nitrogens with zero attached hydrogens (tertiary/aromatic N) is 3. The number of methoxy groups -OCH3 is 1. The lowest BCUT2D eigenvalue weighted by Crippen LogP contribution is -2.36. The first-order valence-electron chi connectivity index (χ1n) is 7.56. The standard InChI is InChI=1S/C17H23N3O2/c1-12(2)9-10-20(16(21)11-22-4)17-15-8-6-5-7-14(15)13(3)18-19-17/h5-8,12H,9-11H2,1-4H3. The predicted molar refractivity (Wildman–Crippen MR) is 88.0 cm³/mol. The Bertz CT molecular complexity index is 655. The van der Waals surface area contributed by atoms with E-state index in [2.05, 4.69) is 24.0 Å². The Morgan fingerprint density at radius 1 is 1.23 bits per heavy atom. The van der Waals surface area contributed by atoms with Crippen molar-refractivity contribution >= 4 is 22.5 Å². The summed E-state index contributed by atoms with van der Waals surface area (Å²) in [5.41, 5.74) is 0.863. The van der Waals surface area contributed by atoms with Crippen LogP contribution in [0.3, 0.4) is 0 Å². The zero-order chi connectivity index (χ0) is 16.1. The van der Waals surface area contributed by atoms with Gasteiger partial charge in [0.1, 0.15) is 6.61 Å². The zero-order valence-corrected chi connectivity index (χ0v) is 13.7. The van der Waals surface area contributed by atoms with Crippen molar-refractivity contribution in [1.82, 2.24) is 10.2 Å². The number of amides is 1. The van der Waals surface area contributed by atoms with Crippen LogP contribution in [0.1, 0.15) is 26.0 Å². The summed E-state index contributed by atoms with van der Waals surface area (Å²) in [5.74, 6) is 1.03. The third kappa shape index (κ3) is 3.60. The fourth-order valence-corrected chi connectivity index (χ4v) is 2.36. The van der Waals surface area contributed by atoms with Gasteiger partial charge < -0.3 is 4.74 Å². The molecule has 0 spiro atoms. The van der Waals surface area contributed by atoms with E-state index < -0.39 is 0 Å². The molecule has 1 heterocycles. The number of carbonyl (C=O) groups excluding carboxylic acids is 1. The zero-order valence-electron chi connectivity index (χ0n) is 13.7. The third-order valence-electron chi connectivity index (χ3n) is 3.61. The Morgan fingerprint density at radius 2 is 1.91 bits per heavy atom. The molecule has 1 amide bonds. The van der Waals surface area contributed by atoms with Crippen LogP contribution in [0.25, 0.3) is 10.8 Å². The molecule has 0 saturated carbocycles. The number of hydrogen-bond donors (Lipinski definition) is 0. The van der Waals surface area contributed by atoms with E-state index in [0.717, 1.165) is 22.9 Å². The second-order valence-corrected chi connectivity index (χ2v) is 5.82. The number of carbonyl (C=O) groups is 1. The van der Waals surface area contributed by atoms with Crippen LogP contribution >= 0.6 is 0 Å². The van der Waals surface area contributed by atoms with Crippen molar-refractivity contribution in [2.75, 3.05) is 25.2 Å². The van der Waals surface area contributed by atoms with Crippen LogP contribution in [-0.2, 0) is 9.53 Å². The van der Waals surface area contributed by atoms with Gasteiger partial charge in [-0.2, -0.15) is 5.10 Å². The Labute approximate surface area is 131 Å². The SMILES string of the molecule is COCC(=O)N(CCC(C)C)c1nnc(C)c2ccccc12. The molecule has 0 radical (unpaired) electrons. The van der Waals surface area contributed by atoms with Crippen LogP contribution in [0, 0.1) is 12.8 Å². The van der Waals surface area contributed by atoms with Gasteiger partial charge in [-0.3, -0.25) is 9.69 Å². The van der Waals surface area contributed by atoms with Gasteiger partial charge in [0.05, 0.1) is 5.69 Å². The lowest BCUT2D eigenvalue weighted by Gasteiger charge is -2.23. The molecule has 118 valence electrons. The van der Waals surface area contributed by atoms with E-state index in [9.17, 15) is 4.79 Å². The molecule has 0 aliphatic heterocycles. The van der Waals surface area contributed by atoms with Crippen LogP contribution in [-0.4, -0.2) is 36.4 Å². The second kappa shape index (κ2) is 7.31. The third-order valence-corrected chi connectivity index (χ3v) is 3.61. The minimum atomic E-state index is -0.0912. The Morgan fingerprint density at radius 3 is 2.55 bits per heavy atom. The molecule has 22 heavy (non-hydrogen) atoms. The quantitative estimate of drug-likeness (QED) is 0.823. The summed E-state index contributed by atoms with van der Waals surface area (Å²) in [6.07, 6.45) is 0.902. The van der Waals surface area contributed by atoms with Crippen LogP contribution in [0.4, 0.5) is 5.82 Å². The molecule has 1 aromatic heterocycles. The van der Waals surface area contributed by atoms with E-state index in [1.54, 1.807) is 4.90 Å². The van der Waals surface area contributed by atoms with Gasteiger partial charge in [-0.15, -0.1) is 5.10 Å². The second-order valence-electron chi connectivity index (χ2n) is 5.82. The number of fused-ring (bicyclic) bond motifs is 1. The number of aromatic nitrogens is 2. The van der Waals surface area contributed by atoms with E-state index in [-0.39, 0.29) is 12.5 Å². The van der Waals surface area contributed by atoms with Crippen molar-refractivity contribution < 1.29 is 9.53 Å². The number of anilines is 1. The highest BCUT2D eigenvalue weighted by Gasteiger charge is 2.20. The van der Waals surface area contributed by atoms with Crippen molar-refractivity contribution in [2.24, 2.45) is 5.92 Å². The summed E-state index contributed by atoms with van der Waals surface area (Å²) in [5, 5.41) is 10.5. The fourth-order valence-electron chi connectivity index (χ4n) is 2.36. The van der Waals surface area contributed by atoms with Crippen molar-refractivity contribution in [1.29, 1.82) is 0 Å². The first-order chi connectivity index (χ1) is 10.5. The average Bonchev–Trinajstić information content (AvgIpc) is 2.50. The Balaban J connectivity index is 2.46. The summed E-state index contributed by atoms with van der Waals surface area (Å²) in [7, 11) is 1.53. The van der Waals surface area contributed by atoms with Crippen LogP contribution in [0.15, 0.2) is 24.3 Å². The van der Waals surface area contributed by atoms with Crippen molar-refractivity contribution in [3.63, 3.8) is 0 Å². The van der Waals surface area contributed by atoms with Crippen molar-refractivity contribution in [3.8, 4) is 0 Å². The van der Waals surface area contributed by atoms with Crippen LogP contribution in [0.2, 0.25) is 0 Å². The van der Waals surface area contributed by atoms with E-state index in [4.69, 9.17) is 4.74 Å².